The van der Waals surface area contributed by atoms with E-state index in [1.165, 1.54) is 31.4 Å². The van der Waals surface area contributed by atoms with E-state index in [0.717, 1.165) is 16.0 Å². The van der Waals surface area contributed by atoms with E-state index in [0.29, 0.717) is 11.9 Å². The Morgan fingerprint density at radius 3 is 2.54 bits per heavy atom. The lowest BCUT2D eigenvalue weighted by atomic mass is 9.55. The zero-order valence-electron chi connectivity index (χ0n) is 19.1. The lowest BCUT2D eigenvalue weighted by Gasteiger charge is -2.42. The van der Waals surface area contributed by atoms with Crippen molar-refractivity contribution < 1.29 is 39.2 Å². The highest BCUT2D eigenvalue weighted by molar-refractivity contribution is 6.58. The molecule has 11 heteroatoms. The van der Waals surface area contributed by atoms with Gasteiger partial charge in [0, 0.05) is 7.11 Å². The SMILES string of the molecule is COCC1=C2B(O)O[C@H](c3ccc(O)cc3)C[C@H]2[C@H]2C(=O)N(c3cccc(B(O)O)c3)C(=O)[C@H]2C1. The number of imide groups is 1. The van der Waals surface area contributed by atoms with Crippen molar-refractivity contribution in [2.24, 2.45) is 17.8 Å². The van der Waals surface area contributed by atoms with Gasteiger partial charge in [0.25, 0.3) is 0 Å². The number of phenols is 1. The highest BCUT2D eigenvalue weighted by atomic mass is 16.5. The molecule has 4 atom stereocenters. The van der Waals surface area contributed by atoms with Gasteiger partial charge < -0.3 is 29.6 Å². The molecule has 2 heterocycles. The molecule has 3 aliphatic rings. The zero-order chi connectivity index (χ0) is 24.9. The van der Waals surface area contributed by atoms with Crippen LogP contribution in [0.2, 0.25) is 0 Å². The Bertz CT molecular complexity index is 1180. The third kappa shape index (κ3) is 4.09. The van der Waals surface area contributed by atoms with E-state index >= 15 is 0 Å². The average Bonchev–Trinajstić information content (AvgIpc) is 3.09. The number of anilines is 1. The molecule has 4 N–H and O–H groups in total. The van der Waals surface area contributed by atoms with Crippen molar-refractivity contribution in [1.29, 1.82) is 0 Å². The van der Waals surface area contributed by atoms with Gasteiger partial charge in [-0.25, -0.2) is 0 Å². The molecule has 2 saturated heterocycles. The minimum atomic E-state index is -1.73. The molecule has 2 aliphatic heterocycles. The van der Waals surface area contributed by atoms with Crippen molar-refractivity contribution in [3.05, 3.63) is 65.1 Å². The standard InChI is InChI=1S/C24H25B2NO8/c1-34-12-14-9-19-21(24(30)27(23(19)29)16-4-2-3-15(10-16)25(31)32)18-11-20(35-26(33)22(14)18)13-5-7-17(28)8-6-13/h2-8,10,18-21,28,31-33H,9,11-12H2,1H3/t18-,19-,20-,21+/m0/s1. The number of hydrogen-bond acceptors (Lipinski definition) is 8. The van der Waals surface area contributed by atoms with Crippen LogP contribution < -0.4 is 10.4 Å². The number of amides is 2. The first-order valence-corrected chi connectivity index (χ1v) is 11.5. The van der Waals surface area contributed by atoms with Crippen LogP contribution in [0.15, 0.2) is 59.6 Å². The Morgan fingerprint density at radius 1 is 1.11 bits per heavy atom. The maximum Gasteiger partial charge on any atom is 0.488 e. The molecule has 0 radical (unpaired) electrons. The largest absolute Gasteiger partial charge is 0.508 e. The maximum atomic E-state index is 13.7. The zero-order valence-corrected chi connectivity index (χ0v) is 19.1. The van der Waals surface area contributed by atoms with Gasteiger partial charge in [-0.3, -0.25) is 14.5 Å². The summed E-state index contributed by atoms with van der Waals surface area (Å²) in [6.07, 6.45) is 0.0953. The number of nitrogens with zero attached hydrogens (tertiary/aromatic N) is 1. The number of rotatable bonds is 5. The molecule has 2 amide bonds. The molecule has 0 unspecified atom stereocenters. The minimum Gasteiger partial charge on any atom is -0.508 e. The van der Waals surface area contributed by atoms with Crippen molar-refractivity contribution in [2.75, 3.05) is 18.6 Å². The van der Waals surface area contributed by atoms with E-state index in [1.54, 1.807) is 24.3 Å². The second kappa shape index (κ2) is 9.25. The van der Waals surface area contributed by atoms with Crippen LogP contribution in [0, 0.1) is 17.8 Å². The maximum absolute atomic E-state index is 13.7. The van der Waals surface area contributed by atoms with Crippen molar-refractivity contribution in [3.8, 4) is 5.75 Å². The third-order valence-electron chi connectivity index (χ3n) is 7.22. The van der Waals surface area contributed by atoms with Crippen LogP contribution in [0.3, 0.4) is 0 Å². The van der Waals surface area contributed by atoms with Gasteiger partial charge in [-0.15, -0.1) is 0 Å². The Kier molecular flexibility index (Phi) is 6.28. The number of allylic oxidation sites excluding steroid dienone is 1. The summed E-state index contributed by atoms with van der Waals surface area (Å²) in [5.41, 5.74) is 2.53. The number of carbonyl (C=O) groups excluding carboxylic acids is 2. The number of benzene rings is 2. The van der Waals surface area contributed by atoms with Gasteiger partial charge in [-0.2, -0.15) is 0 Å². The van der Waals surface area contributed by atoms with Crippen LogP contribution in [0.5, 0.6) is 5.75 Å². The monoisotopic (exact) mass is 477 g/mol. The summed E-state index contributed by atoms with van der Waals surface area (Å²) in [5, 5.41) is 39.7. The van der Waals surface area contributed by atoms with Crippen LogP contribution in [0.4, 0.5) is 5.69 Å². The molecular formula is C24H25B2NO8. The minimum absolute atomic E-state index is 0.105. The van der Waals surface area contributed by atoms with E-state index in [1.807, 2.05) is 0 Å². The average molecular weight is 477 g/mol. The van der Waals surface area contributed by atoms with Gasteiger partial charge in [0.15, 0.2) is 0 Å². The molecule has 0 bridgehead atoms. The van der Waals surface area contributed by atoms with Crippen LogP contribution in [0.1, 0.15) is 24.5 Å². The Morgan fingerprint density at radius 2 is 1.86 bits per heavy atom. The summed E-state index contributed by atoms with van der Waals surface area (Å²) in [5.74, 6) is -2.42. The van der Waals surface area contributed by atoms with Crippen LogP contribution >= 0.6 is 0 Å². The summed E-state index contributed by atoms with van der Waals surface area (Å²) >= 11 is 0. The predicted molar refractivity (Wildman–Crippen MR) is 127 cm³/mol. The molecule has 0 spiro atoms. The fourth-order valence-corrected chi connectivity index (χ4v) is 5.70. The number of fused-ring (bicyclic) bond motifs is 3. The van der Waals surface area contributed by atoms with Gasteiger partial charge in [0.05, 0.1) is 30.2 Å². The van der Waals surface area contributed by atoms with E-state index in [2.05, 4.69) is 0 Å². The second-order valence-corrected chi connectivity index (χ2v) is 9.22. The molecular weight excluding hydrogens is 452 g/mol. The fourth-order valence-electron chi connectivity index (χ4n) is 5.70. The molecule has 2 fully saturated rings. The van der Waals surface area contributed by atoms with Gasteiger partial charge in [0.1, 0.15) is 5.75 Å². The van der Waals surface area contributed by atoms with Gasteiger partial charge >= 0.3 is 14.2 Å². The molecule has 0 aromatic heterocycles. The number of carbonyl (C=O) groups is 2. The van der Waals surface area contributed by atoms with Crippen LogP contribution in [-0.4, -0.2) is 59.9 Å². The molecule has 0 saturated carbocycles. The number of aromatic hydroxyl groups is 1. The van der Waals surface area contributed by atoms with Gasteiger partial charge in [-0.05, 0) is 65.1 Å². The molecule has 9 nitrogen and oxygen atoms in total. The second-order valence-electron chi connectivity index (χ2n) is 9.22. The molecule has 2 aromatic carbocycles. The lowest BCUT2D eigenvalue weighted by molar-refractivity contribution is -0.123. The van der Waals surface area contributed by atoms with Crippen molar-refractivity contribution in [1.82, 2.24) is 0 Å². The van der Waals surface area contributed by atoms with E-state index in [9.17, 15) is 29.8 Å². The lowest BCUT2D eigenvalue weighted by Crippen LogP contribution is -2.45. The molecule has 35 heavy (non-hydrogen) atoms. The topological polar surface area (TPSA) is 137 Å². The van der Waals surface area contributed by atoms with E-state index in [4.69, 9.17) is 9.39 Å². The number of methoxy groups -OCH3 is 1. The fraction of sp³-hybridized carbons (Fsp3) is 0.333. The quantitative estimate of drug-likeness (QED) is 0.357. The molecule has 5 rings (SSSR count). The van der Waals surface area contributed by atoms with Crippen molar-refractivity contribution >= 4 is 37.2 Å². The first-order valence-electron chi connectivity index (χ1n) is 11.5. The van der Waals surface area contributed by atoms with Crippen molar-refractivity contribution in [2.45, 2.75) is 18.9 Å². The summed E-state index contributed by atoms with van der Waals surface area (Å²) in [4.78, 5) is 28.4. The third-order valence-corrected chi connectivity index (χ3v) is 7.22. The highest BCUT2D eigenvalue weighted by Gasteiger charge is 2.58. The summed E-state index contributed by atoms with van der Waals surface area (Å²) < 4.78 is 11.3. The normalized spacial score (nSPS) is 26.2. The summed E-state index contributed by atoms with van der Waals surface area (Å²) in [7, 11) is -1.46. The molecule has 180 valence electrons. The van der Waals surface area contributed by atoms with Gasteiger partial charge in [0.2, 0.25) is 11.8 Å². The highest BCUT2D eigenvalue weighted by Crippen LogP contribution is 2.52. The number of phenolic OH excluding ortho intramolecular Hbond substituents is 1. The number of hydrogen-bond donors (Lipinski definition) is 4. The Labute approximate surface area is 202 Å². The summed E-state index contributed by atoms with van der Waals surface area (Å²) in [6, 6.07) is 12.5. The van der Waals surface area contributed by atoms with E-state index < -0.39 is 38.1 Å². The summed E-state index contributed by atoms with van der Waals surface area (Å²) in [6.45, 7) is 0.201. The van der Waals surface area contributed by atoms with Crippen molar-refractivity contribution in [3.63, 3.8) is 0 Å². The molecule has 2 aromatic rings. The first-order chi connectivity index (χ1) is 16.8. The molecule has 1 aliphatic carbocycles. The van der Waals surface area contributed by atoms with Gasteiger partial charge in [-0.1, -0.05) is 24.3 Å². The Hall–Kier alpha value is -2.95. The first kappa shape index (κ1) is 23.8. The Balaban J connectivity index is 1.53. The predicted octanol–water partition coefficient (Wildman–Crippen LogP) is 0.322. The van der Waals surface area contributed by atoms with E-state index in [-0.39, 0.29) is 41.7 Å². The van der Waals surface area contributed by atoms with Crippen LogP contribution in [-0.2, 0) is 19.0 Å². The smallest absolute Gasteiger partial charge is 0.488 e. The van der Waals surface area contributed by atoms with Crippen LogP contribution in [0.25, 0.3) is 0 Å². The number of ether oxygens (including phenoxy) is 1.